The van der Waals surface area contributed by atoms with Gasteiger partial charge in [-0.2, -0.15) is 9.78 Å². The van der Waals surface area contributed by atoms with Crippen molar-refractivity contribution in [1.29, 1.82) is 0 Å². The summed E-state index contributed by atoms with van der Waals surface area (Å²) in [6, 6.07) is 8.26. The molecule has 6 heteroatoms. The lowest BCUT2D eigenvalue weighted by Crippen LogP contribution is -2.14. The van der Waals surface area contributed by atoms with Gasteiger partial charge in [-0.05, 0) is 24.1 Å². The van der Waals surface area contributed by atoms with Crippen LogP contribution in [0.1, 0.15) is 31.2 Å². The van der Waals surface area contributed by atoms with E-state index in [1.54, 1.807) is 11.8 Å². The number of nitrogens with zero attached hydrogens (tertiary/aromatic N) is 4. The Kier molecular flexibility index (Phi) is 4.21. The lowest BCUT2D eigenvalue weighted by Gasteiger charge is -2.13. The number of thioether (sulfide) groups is 1. The molecular formula is C14H15BrN4S. The van der Waals surface area contributed by atoms with E-state index in [0.29, 0.717) is 0 Å². The number of hydrogen-bond donors (Lipinski definition) is 0. The molecule has 4 nitrogen and oxygen atoms in total. The number of benzene rings is 1. The first kappa shape index (κ1) is 13.8. The van der Waals surface area contributed by atoms with Gasteiger partial charge in [0.2, 0.25) is 5.16 Å². The van der Waals surface area contributed by atoms with E-state index in [2.05, 4.69) is 45.2 Å². The van der Waals surface area contributed by atoms with Crippen LogP contribution in [0.15, 0.2) is 39.0 Å². The molecule has 0 N–H and O–H groups in total. The minimum atomic E-state index is 0.841. The Balaban J connectivity index is 1.92. The van der Waals surface area contributed by atoms with Crippen molar-refractivity contribution in [3.63, 3.8) is 0 Å². The molecule has 0 amide bonds. The van der Waals surface area contributed by atoms with E-state index in [1.807, 2.05) is 16.8 Å². The van der Waals surface area contributed by atoms with Gasteiger partial charge in [-0.15, -0.1) is 10.2 Å². The molecule has 0 radical (unpaired) electrons. The molecule has 1 aromatic heterocycles. The summed E-state index contributed by atoms with van der Waals surface area (Å²) in [6.07, 6.45) is 3.20. The van der Waals surface area contributed by atoms with Gasteiger partial charge in [0.15, 0.2) is 5.82 Å². The zero-order valence-electron chi connectivity index (χ0n) is 11.2. The molecule has 0 spiro atoms. The summed E-state index contributed by atoms with van der Waals surface area (Å²) in [5, 5.41) is 14.1. The van der Waals surface area contributed by atoms with Gasteiger partial charge in [0.05, 0.1) is 5.71 Å². The third-order valence-electron chi connectivity index (χ3n) is 3.17. The quantitative estimate of drug-likeness (QED) is 0.843. The van der Waals surface area contributed by atoms with Crippen molar-refractivity contribution in [3.05, 3.63) is 40.1 Å². The predicted octanol–water partition coefficient (Wildman–Crippen LogP) is 3.74. The highest BCUT2D eigenvalue weighted by Crippen LogP contribution is 2.25. The Bertz CT molecular complexity index is 633. The highest BCUT2D eigenvalue weighted by atomic mass is 79.9. The lowest BCUT2D eigenvalue weighted by molar-refractivity contribution is 0.671. The highest BCUT2D eigenvalue weighted by Gasteiger charge is 2.19. The number of aryl methyl sites for hydroxylation is 1. The SMILES string of the molecule is CCCCc1nnc2n1N=C(c1ccc(Br)cc1)CS2. The molecular weight excluding hydrogens is 336 g/mol. The van der Waals surface area contributed by atoms with Crippen molar-refractivity contribution in [2.24, 2.45) is 5.10 Å². The van der Waals surface area contributed by atoms with Crippen molar-refractivity contribution < 1.29 is 0 Å². The number of unbranched alkanes of at least 4 members (excludes halogenated alkanes) is 1. The fourth-order valence-electron chi connectivity index (χ4n) is 2.04. The molecule has 1 aromatic carbocycles. The third kappa shape index (κ3) is 2.81. The predicted molar refractivity (Wildman–Crippen MR) is 85.4 cm³/mol. The maximum atomic E-state index is 4.73. The molecule has 104 valence electrons. The van der Waals surface area contributed by atoms with Gasteiger partial charge >= 0.3 is 0 Å². The van der Waals surface area contributed by atoms with Gasteiger partial charge in [0.25, 0.3) is 0 Å². The van der Waals surface area contributed by atoms with E-state index in [0.717, 1.165) is 51.7 Å². The molecule has 2 heterocycles. The Hall–Kier alpha value is -1.14. The summed E-state index contributed by atoms with van der Waals surface area (Å²) in [5.74, 6) is 1.80. The number of rotatable bonds is 4. The van der Waals surface area contributed by atoms with E-state index in [-0.39, 0.29) is 0 Å². The summed E-state index contributed by atoms with van der Waals surface area (Å²) in [7, 11) is 0. The van der Waals surface area contributed by atoms with Crippen LogP contribution in [0.25, 0.3) is 0 Å². The molecule has 1 aliphatic rings. The summed E-state index contributed by atoms with van der Waals surface area (Å²) >= 11 is 5.16. The smallest absolute Gasteiger partial charge is 0.191 e. The molecule has 0 fully saturated rings. The van der Waals surface area contributed by atoms with Crippen LogP contribution in [-0.2, 0) is 6.42 Å². The van der Waals surface area contributed by atoms with Crippen LogP contribution in [-0.4, -0.2) is 26.3 Å². The molecule has 0 saturated heterocycles. The molecule has 0 saturated carbocycles. The number of aromatic nitrogens is 3. The normalized spacial score (nSPS) is 14.0. The van der Waals surface area contributed by atoms with Crippen LogP contribution < -0.4 is 0 Å². The van der Waals surface area contributed by atoms with E-state index in [9.17, 15) is 0 Å². The van der Waals surface area contributed by atoms with Gasteiger partial charge in [0, 0.05) is 16.6 Å². The van der Waals surface area contributed by atoms with E-state index >= 15 is 0 Å². The van der Waals surface area contributed by atoms with Crippen LogP contribution in [0.3, 0.4) is 0 Å². The molecule has 0 bridgehead atoms. The van der Waals surface area contributed by atoms with E-state index in [1.165, 1.54) is 0 Å². The molecule has 0 atom stereocenters. The summed E-state index contributed by atoms with van der Waals surface area (Å²) in [4.78, 5) is 0. The zero-order chi connectivity index (χ0) is 13.9. The minimum absolute atomic E-state index is 0.841. The van der Waals surface area contributed by atoms with Crippen LogP contribution in [0, 0.1) is 0 Å². The third-order valence-corrected chi connectivity index (χ3v) is 4.63. The Labute approximate surface area is 130 Å². The monoisotopic (exact) mass is 350 g/mol. The van der Waals surface area contributed by atoms with Gasteiger partial charge < -0.3 is 0 Å². The van der Waals surface area contributed by atoms with Crippen molar-refractivity contribution in [2.75, 3.05) is 5.75 Å². The maximum Gasteiger partial charge on any atom is 0.212 e. The second-order valence-electron chi connectivity index (χ2n) is 4.66. The Morgan fingerprint density at radius 3 is 2.80 bits per heavy atom. The van der Waals surface area contributed by atoms with Gasteiger partial charge in [0.1, 0.15) is 0 Å². The number of fused-ring (bicyclic) bond motifs is 1. The van der Waals surface area contributed by atoms with Crippen LogP contribution >= 0.6 is 27.7 Å². The first-order valence-electron chi connectivity index (χ1n) is 6.69. The van der Waals surface area contributed by atoms with Crippen LogP contribution in [0.5, 0.6) is 0 Å². The van der Waals surface area contributed by atoms with Gasteiger partial charge in [-0.1, -0.05) is 53.2 Å². The van der Waals surface area contributed by atoms with Crippen molar-refractivity contribution in [3.8, 4) is 0 Å². The first-order chi connectivity index (χ1) is 9.78. The second kappa shape index (κ2) is 6.10. The molecule has 1 aliphatic heterocycles. The lowest BCUT2D eigenvalue weighted by atomic mass is 10.1. The molecule has 20 heavy (non-hydrogen) atoms. The molecule has 2 aromatic rings. The highest BCUT2D eigenvalue weighted by molar-refractivity contribution is 9.10. The minimum Gasteiger partial charge on any atom is -0.191 e. The molecule has 0 unspecified atom stereocenters. The zero-order valence-corrected chi connectivity index (χ0v) is 13.6. The van der Waals surface area contributed by atoms with Crippen LogP contribution in [0.4, 0.5) is 0 Å². The Morgan fingerprint density at radius 2 is 2.05 bits per heavy atom. The van der Waals surface area contributed by atoms with E-state index < -0.39 is 0 Å². The fourth-order valence-corrected chi connectivity index (χ4v) is 3.16. The topological polar surface area (TPSA) is 43.1 Å². The summed E-state index contributed by atoms with van der Waals surface area (Å²) < 4.78 is 2.99. The standard InChI is InChI=1S/C14H15BrN4S/c1-2-3-4-13-16-17-14-19(13)18-12(9-20-14)10-5-7-11(15)8-6-10/h5-8H,2-4,9H2,1H3. The number of hydrogen-bond acceptors (Lipinski definition) is 4. The van der Waals surface area contributed by atoms with Crippen LogP contribution in [0.2, 0.25) is 0 Å². The van der Waals surface area contributed by atoms with Gasteiger partial charge in [-0.3, -0.25) is 0 Å². The van der Waals surface area contributed by atoms with E-state index in [4.69, 9.17) is 5.10 Å². The summed E-state index contributed by atoms with van der Waals surface area (Å²) in [6.45, 7) is 2.18. The van der Waals surface area contributed by atoms with Crippen molar-refractivity contribution in [1.82, 2.24) is 14.9 Å². The van der Waals surface area contributed by atoms with Crippen molar-refractivity contribution in [2.45, 2.75) is 31.3 Å². The van der Waals surface area contributed by atoms with Gasteiger partial charge in [-0.25, -0.2) is 0 Å². The number of halogens is 1. The Morgan fingerprint density at radius 1 is 1.25 bits per heavy atom. The maximum absolute atomic E-state index is 4.73. The molecule has 3 rings (SSSR count). The van der Waals surface area contributed by atoms with Crippen molar-refractivity contribution >= 4 is 33.4 Å². The largest absolute Gasteiger partial charge is 0.212 e. The first-order valence-corrected chi connectivity index (χ1v) is 8.46. The fraction of sp³-hybridized carbons (Fsp3) is 0.357. The molecule has 0 aliphatic carbocycles. The average Bonchev–Trinajstić information content (AvgIpc) is 2.88. The second-order valence-corrected chi connectivity index (χ2v) is 6.51. The summed E-state index contributed by atoms with van der Waals surface area (Å²) in [5.41, 5.74) is 2.23. The average molecular weight is 351 g/mol.